The molecule has 0 bridgehead atoms. The van der Waals surface area contributed by atoms with E-state index in [2.05, 4.69) is 46.6 Å². The van der Waals surface area contributed by atoms with Crippen LogP contribution in [0.2, 0.25) is 0 Å². The lowest BCUT2D eigenvalue weighted by Crippen LogP contribution is -2.19. The lowest BCUT2D eigenvalue weighted by Gasteiger charge is -1.99. The summed E-state index contributed by atoms with van der Waals surface area (Å²) in [6.07, 6.45) is 3.43. The van der Waals surface area contributed by atoms with Crippen LogP contribution in [0.1, 0.15) is 30.1 Å². The van der Waals surface area contributed by atoms with Gasteiger partial charge in [0.25, 0.3) is 0 Å². The summed E-state index contributed by atoms with van der Waals surface area (Å²) in [7, 11) is 0. The normalized spacial score (nSPS) is 14.7. The predicted octanol–water partition coefficient (Wildman–Crippen LogP) is 2.96. The summed E-state index contributed by atoms with van der Waals surface area (Å²) in [4.78, 5) is 5.67. The first-order valence-corrected chi connectivity index (χ1v) is 8.02. The van der Waals surface area contributed by atoms with Crippen molar-refractivity contribution in [2.75, 3.05) is 6.54 Å². The molecule has 0 unspecified atom stereocenters. The molecule has 0 spiro atoms. The van der Waals surface area contributed by atoms with E-state index in [1.807, 2.05) is 0 Å². The highest BCUT2D eigenvalue weighted by Gasteiger charge is 2.20. The van der Waals surface area contributed by atoms with Crippen molar-refractivity contribution in [3.63, 3.8) is 0 Å². The van der Waals surface area contributed by atoms with Crippen LogP contribution in [0.25, 0.3) is 0 Å². The topological polar surface area (TPSA) is 51.0 Å². The van der Waals surface area contributed by atoms with Crippen molar-refractivity contribution in [3.8, 4) is 0 Å². The highest BCUT2D eigenvalue weighted by molar-refractivity contribution is 7.98. The Bertz CT molecular complexity index is 566. The predicted molar refractivity (Wildman–Crippen MR) is 79.8 cm³/mol. The molecule has 1 fully saturated rings. The molecule has 5 heteroatoms. The average molecular weight is 289 g/mol. The monoisotopic (exact) mass is 289 g/mol. The summed E-state index contributed by atoms with van der Waals surface area (Å²) in [6, 6.07) is 9.18. The molecule has 1 saturated carbocycles. The van der Waals surface area contributed by atoms with E-state index >= 15 is 0 Å². The fourth-order valence-electron chi connectivity index (χ4n) is 1.97. The zero-order valence-corrected chi connectivity index (χ0v) is 12.4. The van der Waals surface area contributed by atoms with E-state index < -0.39 is 0 Å². The maximum absolute atomic E-state index is 5.26. The summed E-state index contributed by atoms with van der Waals surface area (Å²) < 4.78 is 5.26. The molecule has 0 atom stereocenters. The van der Waals surface area contributed by atoms with Gasteiger partial charge in [-0.1, -0.05) is 22.9 Å². The molecule has 20 heavy (non-hydrogen) atoms. The number of nitrogens with one attached hydrogen (secondary N) is 1. The fourth-order valence-corrected chi connectivity index (χ4v) is 2.83. The Balaban J connectivity index is 1.46. The molecule has 106 valence electrons. The zero-order valence-electron chi connectivity index (χ0n) is 11.6. The molecule has 1 aliphatic rings. The summed E-state index contributed by atoms with van der Waals surface area (Å²) in [5.41, 5.74) is 1.27. The summed E-state index contributed by atoms with van der Waals surface area (Å²) in [6.45, 7) is 3.03. The van der Waals surface area contributed by atoms with Gasteiger partial charge in [0, 0.05) is 23.9 Å². The van der Waals surface area contributed by atoms with Crippen LogP contribution in [0.3, 0.4) is 0 Å². The summed E-state index contributed by atoms with van der Waals surface area (Å²) >= 11 is 1.74. The molecule has 1 aromatic carbocycles. The number of benzene rings is 1. The van der Waals surface area contributed by atoms with Gasteiger partial charge in [-0.3, -0.25) is 0 Å². The molecule has 0 amide bonds. The molecule has 3 rings (SSSR count). The Morgan fingerprint density at radius 2 is 2.30 bits per heavy atom. The van der Waals surface area contributed by atoms with Crippen LogP contribution in [0.15, 0.2) is 33.7 Å². The first-order valence-electron chi connectivity index (χ1n) is 7.04. The second-order valence-electron chi connectivity index (χ2n) is 5.19. The molecule has 1 heterocycles. The Kier molecular flexibility index (Phi) is 4.38. The van der Waals surface area contributed by atoms with Crippen molar-refractivity contribution in [2.24, 2.45) is 0 Å². The minimum atomic E-state index is 0.731. The van der Waals surface area contributed by atoms with E-state index in [-0.39, 0.29) is 0 Å². The first-order chi connectivity index (χ1) is 9.79. The number of nitrogens with zero attached hydrogens (tertiary/aromatic N) is 2. The van der Waals surface area contributed by atoms with Crippen LogP contribution >= 0.6 is 11.8 Å². The van der Waals surface area contributed by atoms with Gasteiger partial charge in [0.1, 0.15) is 0 Å². The van der Waals surface area contributed by atoms with Crippen molar-refractivity contribution in [3.05, 3.63) is 41.5 Å². The minimum Gasteiger partial charge on any atom is -0.339 e. The largest absolute Gasteiger partial charge is 0.339 e. The molecule has 1 aromatic heterocycles. The van der Waals surface area contributed by atoms with Crippen LogP contribution < -0.4 is 5.32 Å². The average Bonchev–Trinajstić information content (AvgIpc) is 3.15. The number of hydrogen-bond acceptors (Lipinski definition) is 5. The zero-order chi connectivity index (χ0) is 13.8. The van der Waals surface area contributed by atoms with Crippen molar-refractivity contribution in [2.45, 2.75) is 42.9 Å². The van der Waals surface area contributed by atoms with Crippen molar-refractivity contribution < 1.29 is 4.52 Å². The quantitative estimate of drug-likeness (QED) is 0.794. The third kappa shape index (κ3) is 4.08. The Labute approximate surface area is 123 Å². The van der Waals surface area contributed by atoms with Gasteiger partial charge in [-0.25, -0.2) is 0 Å². The minimum absolute atomic E-state index is 0.731. The smallest absolute Gasteiger partial charge is 0.227 e. The maximum atomic E-state index is 5.26. The number of rotatable bonds is 7. The van der Waals surface area contributed by atoms with E-state index in [0.717, 1.165) is 36.5 Å². The third-order valence-corrected chi connectivity index (χ3v) is 4.21. The lowest BCUT2D eigenvalue weighted by atomic mass is 10.2. The second kappa shape index (κ2) is 6.41. The van der Waals surface area contributed by atoms with Crippen LogP contribution in [0.4, 0.5) is 0 Å². The lowest BCUT2D eigenvalue weighted by molar-refractivity contribution is 0.372. The fraction of sp³-hybridized carbons (Fsp3) is 0.467. The molecule has 2 aromatic rings. The van der Waals surface area contributed by atoms with E-state index in [0.29, 0.717) is 0 Å². The highest BCUT2D eigenvalue weighted by Crippen LogP contribution is 2.22. The summed E-state index contributed by atoms with van der Waals surface area (Å²) in [5.74, 6) is 2.26. The Morgan fingerprint density at radius 3 is 3.10 bits per heavy atom. The van der Waals surface area contributed by atoms with E-state index in [1.54, 1.807) is 11.8 Å². The van der Waals surface area contributed by atoms with Crippen LogP contribution in [0.5, 0.6) is 0 Å². The molecule has 1 aliphatic carbocycles. The standard InChI is InChI=1S/C15H19N3OS/c1-11-3-2-4-13(9-11)20-10-14-17-15(19-18-14)7-8-16-12-5-6-12/h2-4,9,12,16H,5-8,10H2,1H3. The van der Waals surface area contributed by atoms with E-state index in [1.165, 1.54) is 23.3 Å². The second-order valence-corrected chi connectivity index (χ2v) is 6.24. The molecular formula is C15H19N3OS. The van der Waals surface area contributed by atoms with Gasteiger partial charge < -0.3 is 9.84 Å². The number of thioether (sulfide) groups is 1. The van der Waals surface area contributed by atoms with E-state index in [9.17, 15) is 0 Å². The molecule has 0 saturated heterocycles. The van der Waals surface area contributed by atoms with Crippen molar-refractivity contribution in [1.82, 2.24) is 15.5 Å². The maximum Gasteiger partial charge on any atom is 0.227 e. The Morgan fingerprint density at radius 1 is 1.40 bits per heavy atom. The van der Waals surface area contributed by atoms with Gasteiger partial charge in [-0.15, -0.1) is 11.8 Å². The van der Waals surface area contributed by atoms with Crippen molar-refractivity contribution >= 4 is 11.8 Å². The van der Waals surface area contributed by atoms with Gasteiger partial charge >= 0.3 is 0 Å². The first kappa shape index (κ1) is 13.6. The van der Waals surface area contributed by atoms with Gasteiger partial charge in [-0.05, 0) is 31.9 Å². The molecule has 0 aliphatic heterocycles. The van der Waals surface area contributed by atoms with Crippen molar-refractivity contribution in [1.29, 1.82) is 0 Å². The van der Waals surface area contributed by atoms with Crippen LogP contribution in [0, 0.1) is 6.92 Å². The van der Waals surface area contributed by atoms with Crippen LogP contribution in [-0.2, 0) is 12.2 Å². The van der Waals surface area contributed by atoms with Crippen LogP contribution in [-0.4, -0.2) is 22.7 Å². The Hall–Kier alpha value is -1.33. The SMILES string of the molecule is Cc1cccc(SCc2noc(CCNC3CC3)n2)c1. The number of aromatic nitrogens is 2. The summed E-state index contributed by atoms with van der Waals surface area (Å²) in [5, 5.41) is 7.48. The van der Waals surface area contributed by atoms with Gasteiger partial charge in [0.15, 0.2) is 5.82 Å². The molecule has 1 N–H and O–H groups in total. The number of aryl methyl sites for hydroxylation is 1. The van der Waals surface area contributed by atoms with Gasteiger partial charge in [0.2, 0.25) is 5.89 Å². The number of hydrogen-bond donors (Lipinski definition) is 1. The third-order valence-electron chi connectivity index (χ3n) is 3.22. The molecular weight excluding hydrogens is 270 g/mol. The molecule has 0 radical (unpaired) electrons. The highest BCUT2D eigenvalue weighted by atomic mass is 32.2. The van der Waals surface area contributed by atoms with E-state index in [4.69, 9.17) is 4.52 Å². The van der Waals surface area contributed by atoms with Gasteiger partial charge in [-0.2, -0.15) is 4.98 Å². The molecule has 4 nitrogen and oxygen atoms in total. The van der Waals surface area contributed by atoms with Gasteiger partial charge in [0.05, 0.1) is 5.75 Å².